The first-order valence-corrected chi connectivity index (χ1v) is 9.30. The van der Waals surface area contributed by atoms with Crippen LogP contribution in [0.25, 0.3) is 0 Å². The van der Waals surface area contributed by atoms with Crippen LogP contribution in [0.3, 0.4) is 0 Å². The molecular weight excluding hydrogens is 284 g/mol. The quantitative estimate of drug-likeness (QED) is 0.877. The van der Waals surface area contributed by atoms with Gasteiger partial charge in [0.1, 0.15) is 0 Å². The van der Waals surface area contributed by atoms with Crippen molar-refractivity contribution >= 4 is 10.0 Å². The van der Waals surface area contributed by atoms with E-state index in [1.165, 1.54) is 12.8 Å². The molecule has 1 N–H and O–H groups in total. The zero-order chi connectivity index (χ0) is 15.3. The van der Waals surface area contributed by atoms with Crippen LogP contribution in [0.1, 0.15) is 32.3 Å². The first-order chi connectivity index (χ1) is 10.0. The number of nitrogens with zero attached hydrogens (tertiary/aromatic N) is 1. The molecule has 0 aromatic heterocycles. The summed E-state index contributed by atoms with van der Waals surface area (Å²) < 4.78 is 27.1. The van der Waals surface area contributed by atoms with Crippen molar-refractivity contribution in [3.8, 4) is 0 Å². The highest BCUT2D eigenvalue weighted by molar-refractivity contribution is 7.89. The standard InChI is InChI=1S/C16H26N2O2S/c1-3-15-6-8-16(9-7-15)21(19,20)17-10-12-18-11-4-5-14(2)13-18/h6-9,14,17H,3-5,10-13H2,1-2H3. The molecule has 0 radical (unpaired) electrons. The van der Waals surface area contributed by atoms with Gasteiger partial charge in [0, 0.05) is 19.6 Å². The molecule has 0 spiro atoms. The minimum Gasteiger partial charge on any atom is -0.302 e. The molecule has 0 amide bonds. The number of hydrogen-bond acceptors (Lipinski definition) is 3. The van der Waals surface area contributed by atoms with Gasteiger partial charge in [-0.15, -0.1) is 0 Å². The van der Waals surface area contributed by atoms with Crippen LogP contribution in [0, 0.1) is 5.92 Å². The van der Waals surface area contributed by atoms with E-state index >= 15 is 0 Å². The van der Waals surface area contributed by atoms with Gasteiger partial charge >= 0.3 is 0 Å². The molecular formula is C16H26N2O2S. The van der Waals surface area contributed by atoms with Crippen LogP contribution in [-0.4, -0.2) is 39.5 Å². The van der Waals surface area contributed by atoms with E-state index in [9.17, 15) is 8.42 Å². The minimum atomic E-state index is -3.38. The molecule has 0 bridgehead atoms. The highest BCUT2D eigenvalue weighted by atomic mass is 32.2. The maximum absolute atomic E-state index is 12.2. The Bertz CT molecular complexity index is 540. The smallest absolute Gasteiger partial charge is 0.240 e. The third-order valence-electron chi connectivity index (χ3n) is 4.10. The number of likely N-dealkylation sites (tertiary alicyclic amines) is 1. The average molecular weight is 310 g/mol. The van der Waals surface area contributed by atoms with Crippen LogP contribution in [0.5, 0.6) is 0 Å². The van der Waals surface area contributed by atoms with Gasteiger partial charge in [-0.05, 0) is 49.4 Å². The Labute approximate surface area is 128 Å². The van der Waals surface area contributed by atoms with Crippen LogP contribution >= 0.6 is 0 Å². The first kappa shape index (κ1) is 16.5. The lowest BCUT2D eigenvalue weighted by Gasteiger charge is -2.30. The molecule has 1 fully saturated rings. The molecule has 4 nitrogen and oxygen atoms in total. The second-order valence-corrected chi connectivity index (χ2v) is 7.71. The summed E-state index contributed by atoms with van der Waals surface area (Å²) >= 11 is 0. The summed E-state index contributed by atoms with van der Waals surface area (Å²) in [5, 5.41) is 0. The summed E-state index contributed by atoms with van der Waals surface area (Å²) in [6.45, 7) is 7.73. The van der Waals surface area contributed by atoms with Crippen molar-refractivity contribution in [2.75, 3.05) is 26.2 Å². The van der Waals surface area contributed by atoms with Crippen molar-refractivity contribution in [1.29, 1.82) is 0 Å². The maximum atomic E-state index is 12.2. The van der Waals surface area contributed by atoms with E-state index in [0.717, 1.165) is 37.5 Å². The summed E-state index contributed by atoms with van der Waals surface area (Å²) in [5.74, 6) is 0.719. The van der Waals surface area contributed by atoms with Crippen molar-refractivity contribution in [3.05, 3.63) is 29.8 Å². The van der Waals surface area contributed by atoms with E-state index in [-0.39, 0.29) is 0 Å². The molecule has 118 valence electrons. The molecule has 0 saturated carbocycles. The Kier molecular flexibility index (Phi) is 5.79. The number of benzene rings is 1. The zero-order valence-corrected chi connectivity index (χ0v) is 13.8. The number of nitrogens with one attached hydrogen (secondary N) is 1. The molecule has 1 aliphatic heterocycles. The molecule has 21 heavy (non-hydrogen) atoms. The Morgan fingerprint density at radius 2 is 2.00 bits per heavy atom. The van der Waals surface area contributed by atoms with Crippen molar-refractivity contribution in [2.24, 2.45) is 5.92 Å². The maximum Gasteiger partial charge on any atom is 0.240 e. The summed E-state index contributed by atoms with van der Waals surface area (Å²) in [6.07, 6.45) is 3.42. The fourth-order valence-corrected chi connectivity index (χ4v) is 3.84. The van der Waals surface area contributed by atoms with Crippen molar-refractivity contribution in [1.82, 2.24) is 9.62 Å². The molecule has 1 aromatic rings. The van der Waals surface area contributed by atoms with E-state index in [0.29, 0.717) is 11.4 Å². The topological polar surface area (TPSA) is 49.4 Å². The van der Waals surface area contributed by atoms with E-state index < -0.39 is 10.0 Å². The highest BCUT2D eigenvalue weighted by Crippen LogP contribution is 2.15. The molecule has 2 rings (SSSR count). The molecule has 1 heterocycles. The fraction of sp³-hybridized carbons (Fsp3) is 0.625. The van der Waals surface area contributed by atoms with Crippen LogP contribution in [0.4, 0.5) is 0 Å². The summed E-state index contributed by atoms with van der Waals surface area (Å²) in [6, 6.07) is 7.12. The van der Waals surface area contributed by atoms with Gasteiger partial charge in [-0.1, -0.05) is 26.0 Å². The normalized spacial score (nSPS) is 20.6. The molecule has 1 aliphatic rings. The predicted molar refractivity (Wildman–Crippen MR) is 85.8 cm³/mol. The zero-order valence-electron chi connectivity index (χ0n) is 13.0. The van der Waals surface area contributed by atoms with Crippen LogP contribution in [-0.2, 0) is 16.4 Å². The minimum absolute atomic E-state index is 0.353. The predicted octanol–water partition coefficient (Wildman–Crippen LogP) is 2.26. The third-order valence-corrected chi connectivity index (χ3v) is 5.58. The summed E-state index contributed by atoms with van der Waals surface area (Å²) in [7, 11) is -3.38. The van der Waals surface area contributed by atoms with Crippen LogP contribution < -0.4 is 4.72 Å². The molecule has 1 saturated heterocycles. The van der Waals surface area contributed by atoms with Gasteiger partial charge in [0.05, 0.1) is 4.90 Å². The number of rotatable bonds is 6. The second kappa shape index (κ2) is 7.38. The molecule has 5 heteroatoms. The van der Waals surface area contributed by atoms with E-state index in [4.69, 9.17) is 0 Å². The third kappa shape index (κ3) is 4.80. The van der Waals surface area contributed by atoms with Gasteiger partial charge in [-0.25, -0.2) is 13.1 Å². The van der Waals surface area contributed by atoms with E-state index in [2.05, 4.69) is 23.5 Å². The van der Waals surface area contributed by atoms with Crippen LogP contribution in [0.15, 0.2) is 29.2 Å². The van der Waals surface area contributed by atoms with Gasteiger partial charge in [0.25, 0.3) is 0 Å². The lowest BCUT2D eigenvalue weighted by atomic mass is 10.0. The monoisotopic (exact) mass is 310 g/mol. The van der Waals surface area contributed by atoms with E-state index in [1.807, 2.05) is 12.1 Å². The van der Waals surface area contributed by atoms with Gasteiger partial charge in [0.15, 0.2) is 0 Å². The lowest BCUT2D eigenvalue weighted by molar-refractivity contribution is 0.187. The van der Waals surface area contributed by atoms with Crippen LogP contribution in [0.2, 0.25) is 0 Å². The second-order valence-electron chi connectivity index (χ2n) is 5.94. The number of piperidine rings is 1. The number of hydrogen-bond donors (Lipinski definition) is 1. The molecule has 1 atom stereocenters. The largest absolute Gasteiger partial charge is 0.302 e. The summed E-state index contributed by atoms with van der Waals surface area (Å²) in [5.41, 5.74) is 1.15. The number of aryl methyl sites for hydroxylation is 1. The lowest BCUT2D eigenvalue weighted by Crippen LogP contribution is -2.40. The SMILES string of the molecule is CCc1ccc(S(=O)(=O)NCCN2CCCC(C)C2)cc1. The van der Waals surface area contributed by atoms with Crippen molar-refractivity contribution in [2.45, 2.75) is 38.0 Å². The highest BCUT2D eigenvalue weighted by Gasteiger charge is 2.17. The van der Waals surface area contributed by atoms with Gasteiger partial charge in [-0.3, -0.25) is 0 Å². The Morgan fingerprint density at radius 1 is 1.29 bits per heavy atom. The Hall–Kier alpha value is -0.910. The number of sulfonamides is 1. The summed E-state index contributed by atoms with van der Waals surface area (Å²) in [4.78, 5) is 2.70. The fourth-order valence-electron chi connectivity index (χ4n) is 2.82. The Morgan fingerprint density at radius 3 is 2.62 bits per heavy atom. The van der Waals surface area contributed by atoms with Gasteiger partial charge < -0.3 is 4.90 Å². The molecule has 1 unspecified atom stereocenters. The molecule has 1 aromatic carbocycles. The average Bonchev–Trinajstić information content (AvgIpc) is 2.47. The van der Waals surface area contributed by atoms with Crippen molar-refractivity contribution in [3.63, 3.8) is 0 Å². The first-order valence-electron chi connectivity index (χ1n) is 7.82. The van der Waals surface area contributed by atoms with Gasteiger partial charge in [0.2, 0.25) is 10.0 Å². The van der Waals surface area contributed by atoms with Crippen molar-refractivity contribution < 1.29 is 8.42 Å². The van der Waals surface area contributed by atoms with Gasteiger partial charge in [-0.2, -0.15) is 0 Å². The Balaban J connectivity index is 1.85. The molecule has 0 aliphatic carbocycles. The van der Waals surface area contributed by atoms with E-state index in [1.54, 1.807) is 12.1 Å².